The Morgan fingerprint density at radius 3 is 2.83 bits per heavy atom. The molecule has 0 saturated heterocycles. The van der Waals surface area contributed by atoms with E-state index < -0.39 is 0 Å². The highest BCUT2D eigenvalue weighted by atomic mass is 16.5. The Hall–Kier alpha value is -1.75. The fraction of sp³-hybridized carbons (Fsp3) is 0.462. The van der Waals surface area contributed by atoms with Crippen molar-refractivity contribution < 1.29 is 14.3 Å². The van der Waals surface area contributed by atoms with Crippen LogP contribution < -0.4 is 20.5 Å². The van der Waals surface area contributed by atoms with E-state index in [0.29, 0.717) is 31.1 Å². The molecule has 0 spiro atoms. The number of carbonyl (C=O) groups excluding carboxylic acids is 1. The molecule has 0 radical (unpaired) electrons. The molecular formula is C13H18N2O3. The van der Waals surface area contributed by atoms with Gasteiger partial charge in [-0.3, -0.25) is 4.79 Å². The third-order valence-electron chi connectivity index (χ3n) is 2.54. The van der Waals surface area contributed by atoms with E-state index in [1.165, 1.54) is 0 Å². The molecule has 1 aliphatic heterocycles. The molecule has 98 valence electrons. The topological polar surface area (TPSA) is 73.6 Å². The van der Waals surface area contributed by atoms with Crippen molar-refractivity contribution in [3.05, 3.63) is 18.2 Å². The van der Waals surface area contributed by atoms with E-state index >= 15 is 0 Å². The first-order valence-corrected chi connectivity index (χ1v) is 6.10. The first-order chi connectivity index (χ1) is 8.65. The van der Waals surface area contributed by atoms with Crippen LogP contribution in [0.4, 0.5) is 5.69 Å². The van der Waals surface area contributed by atoms with Gasteiger partial charge in [0.1, 0.15) is 0 Å². The molecule has 1 aromatic rings. The largest absolute Gasteiger partial charge is 0.490 e. The molecule has 0 saturated carbocycles. The smallest absolute Gasteiger partial charge is 0.225 e. The van der Waals surface area contributed by atoms with Crippen LogP contribution in [0, 0.1) is 0 Å². The Balaban J connectivity index is 2.06. The van der Waals surface area contributed by atoms with Crippen molar-refractivity contribution in [2.75, 3.05) is 18.5 Å². The van der Waals surface area contributed by atoms with E-state index in [2.05, 4.69) is 5.32 Å². The van der Waals surface area contributed by atoms with E-state index in [-0.39, 0.29) is 11.9 Å². The molecule has 1 unspecified atom stereocenters. The first-order valence-electron chi connectivity index (χ1n) is 6.10. The molecule has 5 heteroatoms. The van der Waals surface area contributed by atoms with Gasteiger partial charge in [-0.1, -0.05) is 0 Å². The molecule has 1 amide bonds. The van der Waals surface area contributed by atoms with E-state index in [0.717, 1.165) is 12.2 Å². The molecule has 3 N–H and O–H groups in total. The van der Waals surface area contributed by atoms with Crippen LogP contribution in [0.1, 0.15) is 19.8 Å². The maximum absolute atomic E-state index is 11.6. The molecule has 1 heterocycles. The fourth-order valence-electron chi connectivity index (χ4n) is 1.75. The maximum Gasteiger partial charge on any atom is 0.225 e. The summed E-state index contributed by atoms with van der Waals surface area (Å²) in [7, 11) is 0. The van der Waals surface area contributed by atoms with Gasteiger partial charge in [-0.25, -0.2) is 0 Å². The van der Waals surface area contributed by atoms with Crippen molar-refractivity contribution in [1.29, 1.82) is 0 Å². The van der Waals surface area contributed by atoms with E-state index in [1.54, 1.807) is 19.1 Å². The van der Waals surface area contributed by atoms with E-state index in [1.807, 2.05) is 6.07 Å². The average molecular weight is 250 g/mol. The summed E-state index contributed by atoms with van der Waals surface area (Å²) in [5.41, 5.74) is 6.27. The van der Waals surface area contributed by atoms with Gasteiger partial charge < -0.3 is 20.5 Å². The lowest BCUT2D eigenvalue weighted by molar-refractivity contribution is -0.116. The van der Waals surface area contributed by atoms with Crippen molar-refractivity contribution in [2.45, 2.75) is 25.8 Å². The van der Waals surface area contributed by atoms with Gasteiger partial charge in [0.15, 0.2) is 11.5 Å². The predicted octanol–water partition coefficient (Wildman–Crippen LogP) is 1.52. The molecular weight excluding hydrogens is 232 g/mol. The Morgan fingerprint density at radius 2 is 2.11 bits per heavy atom. The number of carbonyl (C=O) groups is 1. The molecule has 0 fully saturated rings. The van der Waals surface area contributed by atoms with Crippen LogP contribution in [0.25, 0.3) is 0 Å². The first kappa shape index (κ1) is 12.7. The van der Waals surface area contributed by atoms with Crippen LogP contribution in [0.3, 0.4) is 0 Å². The van der Waals surface area contributed by atoms with Gasteiger partial charge in [0, 0.05) is 30.6 Å². The summed E-state index contributed by atoms with van der Waals surface area (Å²) in [5, 5.41) is 2.79. The van der Waals surface area contributed by atoms with Crippen molar-refractivity contribution >= 4 is 11.6 Å². The molecule has 1 atom stereocenters. The second-order valence-corrected chi connectivity index (χ2v) is 4.44. The number of anilines is 1. The lowest BCUT2D eigenvalue weighted by Gasteiger charge is -2.11. The van der Waals surface area contributed by atoms with Crippen LogP contribution in [-0.2, 0) is 4.79 Å². The van der Waals surface area contributed by atoms with Gasteiger partial charge in [-0.15, -0.1) is 0 Å². The quantitative estimate of drug-likeness (QED) is 0.853. The normalized spacial score (nSPS) is 15.7. The van der Waals surface area contributed by atoms with Crippen molar-refractivity contribution in [3.8, 4) is 11.5 Å². The zero-order chi connectivity index (χ0) is 13.0. The Morgan fingerprint density at radius 1 is 1.39 bits per heavy atom. The summed E-state index contributed by atoms with van der Waals surface area (Å²) in [6.45, 7) is 3.08. The number of rotatable bonds is 3. The van der Waals surface area contributed by atoms with Crippen molar-refractivity contribution in [1.82, 2.24) is 0 Å². The summed E-state index contributed by atoms with van der Waals surface area (Å²) in [6.07, 6.45) is 1.16. The zero-order valence-corrected chi connectivity index (χ0v) is 10.4. The minimum atomic E-state index is -0.148. The summed E-state index contributed by atoms with van der Waals surface area (Å²) in [5.74, 6) is 1.29. The SMILES string of the molecule is CC(N)CC(=O)Nc1ccc2c(c1)OCCCO2. The van der Waals surface area contributed by atoms with Gasteiger partial charge in [0.25, 0.3) is 0 Å². The number of ether oxygens (including phenoxy) is 2. The van der Waals surface area contributed by atoms with Crippen LogP contribution in [0.5, 0.6) is 11.5 Å². The minimum absolute atomic E-state index is 0.0977. The number of nitrogens with two attached hydrogens (primary N) is 1. The predicted molar refractivity (Wildman–Crippen MR) is 68.9 cm³/mol. The number of amides is 1. The van der Waals surface area contributed by atoms with Crippen LogP contribution in [0.2, 0.25) is 0 Å². The molecule has 5 nitrogen and oxygen atoms in total. The van der Waals surface area contributed by atoms with Gasteiger partial charge >= 0.3 is 0 Å². The maximum atomic E-state index is 11.6. The van der Waals surface area contributed by atoms with Crippen LogP contribution in [-0.4, -0.2) is 25.2 Å². The number of hydrogen-bond donors (Lipinski definition) is 2. The number of hydrogen-bond acceptors (Lipinski definition) is 4. The van der Waals surface area contributed by atoms with Gasteiger partial charge in [0.05, 0.1) is 13.2 Å². The third-order valence-corrected chi connectivity index (χ3v) is 2.54. The highest BCUT2D eigenvalue weighted by Gasteiger charge is 2.12. The van der Waals surface area contributed by atoms with Crippen LogP contribution in [0.15, 0.2) is 18.2 Å². The Labute approximate surface area is 106 Å². The molecule has 0 aromatic heterocycles. The Kier molecular flexibility index (Phi) is 4.04. The molecule has 1 aliphatic rings. The van der Waals surface area contributed by atoms with Crippen molar-refractivity contribution in [2.24, 2.45) is 5.73 Å². The monoisotopic (exact) mass is 250 g/mol. The van der Waals surface area contributed by atoms with Gasteiger partial charge in [-0.05, 0) is 19.1 Å². The number of benzene rings is 1. The summed E-state index contributed by atoms with van der Waals surface area (Å²) in [6, 6.07) is 5.24. The molecule has 0 aliphatic carbocycles. The van der Waals surface area contributed by atoms with Crippen molar-refractivity contribution in [3.63, 3.8) is 0 Å². The molecule has 18 heavy (non-hydrogen) atoms. The van der Waals surface area contributed by atoms with Crippen LogP contribution >= 0.6 is 0 Å². The zero-order valence-electron chi connectivity index (χ0n) is 10.4. The molecule has 2 rings (SSSR count). The third kappa shape index (κ3) is 3.37. The van der Waals surface area contributed by atoms with E-state index in [9.17, 15) is 4.79 Å². The Bertz CT molecular complexity index is 432. The minimum Gasteiger partial charge on any atom is -0.490 e. The standard InChI is InChI=1S/C13H18N2O3/c1-9(14)7-13(16)15-10-3-4-11-12(8-10)18-6-2-5-17-11/h3-4,8-9H,2,5-7,14H2,1H3,(H,15,16). The van der Waals surface area contributed by atoms with Gasteiger partial charge in [0.2, 0.25) is 5.91 Å². The van der Waals surface area contributed by atoms with E-state index in [4.69, 9.17) is 15.2 Å². The summed E-state index contributed by atoms with van der Waals surface area (Å²) >= 11 is 0. The number of nitrogens with one attached hydrogen (secondary N) is 1. The van der Waals surface area contributed by atoms with Gasteiger partial charge in [-0.2, -0.15) is 0 Å². The summed E-state index contributed by atoms with van der Waals surface area (Å²) in [4.78, 5) is 11.6. The molecule has 1 aromatic carbocycles. The average Bonchev–Trinajstić information content (AvgIpc) is 2.52. The number of fused-ring (bicyclic) bond motifs is 1. The second-order valence-electron chi connectivity index (χ2n) is 4.44. The second kappa shape index (κ2) is 5.73. The lowest BCUT2D eigenvalue weighted by atomic mass is 10.2. The lowest BCUT2D eigenvalue weighted by Crippen LogP contribution is -2.23. The summed E-state index contributed by atoms with van der Waals surface area (Å²) < 4.78 is 11.1. The highest BCUT2D eigenvalue weighted by Crippen LogP contribution is 2.32. The molecule has 0 bridgehead atoms. The fourth-order valence-corrected chi connectivity index (χ4v) is 1.75. The highest BCUT2D eigenvalue weighted by molar-refractivity contribution is 5.91.